The van der Waals surface area contributed by atoms with Gasteiger partial charge in [0.1, 0.15) is 6.04 Å². The lowest BCUT2D eigenvalue weighted by molar-refractivity contribution is -0.138. The lowest BCUT2D eigenvalue weighted by Crippen LogP contribution is -2.32. The Morgan fingerprint density at radius 1 is 1.64 bits per heavy atom. The maximum Gasteiger partial charge on any atom is 0.320 e. The second-order valence-corrected chi connectivity index (χ2v) is 3.66. The molecule has 0 aliphatic rings. The van der Waals surface area contributed by atoms with Crippen LogP contribution in [0.5, 0.6) is 0 Å². The summed E-state index contributed by atoms with van der Waals surface area (Å²) in [4.78, 5) is 10.5. The van der Waals surface area contributed by atoms with Gasteiger partial charge in [-0.25, -0.2) is 0 Å². The molecule has 3 N–H and O–H groups in total. The van der Waals surface area contributed by atoms with Crippen molar-refractivity contribution in [1.82, 2.24) is 0 Å². The second kappa shape index (κ2) is 4.44. The Hall–Kier alpha value is -1.06. The molecule has 0 saturated heterocycles. The predicted molar refractivity (Wildman–Crippen MR) is 55.5 cm³/mol. The minimum absolute atomic E-state index is 0.332. The van der Waals surface area contributed by atoms with Crippen molar-refractivity contribution in [2.75, 3.05) is 0 Å². The van der Waals surface area contributed by atoms with Gasteiger partial charge in [0.15, 0.2) is 0 Å². The third kappa shape index (κ3) is 2.72. The van der Waals surface area contributed by atoms with E-state index < -0.39 is 12.0 Å². The fraction of sp³-hybridized carbons (Fsp3) is 0.300. The van der Waals surface area contributed by atoms with Gasteiger partial charge in [-0.05, 0) is 36.6 Å². The van der Waals surface area contributed by atoms with Crippen molar-refractivity contribution in [3.05, 3.63) is 34.3 Å². The molecule has 0 radical (unpaired) electrons. The molecule has 0 aromatic heterocycles. The van der Waals surface area contributed by atoms with E-state index in [9.17, 15) is 4.79 Å². The summed E-state index contributed by atoms with van der Waals surface area (Å²) in [6.07, 6.45) is 0.332. The van der Waals surface area contributed by atoms with Crippen LogP contribution in [0.25, 0.3) is 0 Å². The Morgan fingerprint density at radius 2 is 2.29 bits per heavy atom. The van der Waals surface area contributed by atoms with E-state index in [1.54, 1.807) is 18.2 Å². The number of halogens is 1. The molecule has 0 aliphatic carbocycles. The molecule has 0 saturated carbocycles. The van der Waals surface area contributed by atoms with Crippen LogP contribution in [0.15, 0.2) is 18.2 Å². The molecule has 0 amide bonds. The van der Waals surface area contributed by atoms with Crippen molar-refractivity contribution < 1.29 is 9.90 Å². The molecule has 0 heterocycles. The summed E-state index contributed by atoms with van der Waals surface area (Å²) >= 11 is 5.77. The molecule has 1 atom stereocenters. The molecule has 0 bridgehead atoms. The van der Waals surface area contributed by atoms with Crippen molar-refractivity contribution in [3.8, 4) is 0 Å². The normalized spacial score (nSPS) is 12.5. The summed E-state index contributed by atoms with van der Waals surface area (Å²) in [6, 6.07) is 4.49. The van der Waals surface area contributed by atoms with Gasteiger partial charge in [-0.2, -0.15) is 0 Å². The van der Waals surface area contributed by atoms with Crippen molar-refractivity contribution >= 4 is 17.6 Å². The van der Waals surface area contributed by atoms with E-state index in [4.69, 9.17) is 22.4 Å². The van der Waals surface area contributed by atoms with Gasteiger partial charge in [-0.15, -0.1) is 0 Å². The highest BCUT2D eigenvalue weighted by Crippen LogP contribution is 2.16. The van der Waals surface area contributed by atoms with Crippen LogP contribution in [0.2, 0.25) is 5.02 Å². The number of hydrogen-bond acceptors (Lipinski definition) is 2. The highest BCUT2D eigenvalue weighted by atomic mass is 35.5. The number of hydrogen-bond donors (Lipinski definition) is 2. The fourth-order valence-electron chi connectivity index (χ4n) is 1.21. The monoisotopic (exact) mass is 213 g/mol. The molecule has 1 rings (SSSR count). The van der Waals surface area contributed by atoms with E-state index in [2.05, 4.69) is 0 Å². The SMILES string of the molecule is Cc1cc(Cl)ccc1CC(N)C(=O)O. The summed E-state index contributed by atoms with van der Waals surface area (Å²) in [5, 5.41) is 9.29. The topological polar surface area (TPSA) is 63.3 Å². The Kier molecular flexibility index (Phi) is 3.49. The molecule has 14 heavy (non-hydrogen) atoms. The predicted octanol–water partition coefficient (Wildman–Crippen LogP) is 1.60. The molecule has 0 fully saturated rings. The number of carboxylic acid groups (broad SMARTS) is 1. The molecule has 1 unspecified atom stereocenters. The van der Waals surface area contributed by atoms with Gasteiger partial charge < -0.3 is 10.8 Å². The Balaban J connectivity index is 2.82. The van der Waals surface area contributed by atoms with Crippen molar-refractivity contribution in [1.29, 1.82) is 0 Å². The molecule has 0 spiro atoms. The highest BCUT2D eigenvalue weighted by molar-refractivity contribution is 6.30. The van der Waals surface area contributed by atoms with Crippen LogP contribution in [-0.4, -0.2) is 17.1 Å². The number of aryl methyl sites for hydroxylation is 1. The summed E-state index contributed by atoms with van der Waals surface area (Å²) < 4.78 is 0. The quantitative estimate of drug-likeness (QED) is 0.802. The lowest BCUT2D eigenvalue weighted by atomic mass is 10.0. The van der Waals surface area contributed by atoms with Gasteiger partial charge in [0.05, 0.1) is 0 Å². The number of benzene rings is 1. The summed E-state index contributed by atoms with van der Waals surface area (Å²) in [6.45, 7) is 1.88. The van der Waals surface area contributed by atoms with E-state index >= 15 is 0 Å². The van der Waals surface area contributed by atoms with E-state index in [-0.39, 0.29) is 0 Å². The van der Waals surface area contributed by atoms with Crippen LogP contribution in [0, 0.1) is 6.92 Å². The lowest BCUT2D eigenvalue weighted by Gasteiger charge is -2.09. The second-order valence-electron chi connectivity index (χ2n) is 3.22. The Bertz CT molecular complexity index is 352. The first-order valence-electron chi connectivity index (χ1n) is 4.24. The first kappa shape index (κ1) is 11.0. The van der Waals surface area contributed by atoms with Crippen LogP contribution in [0.4, 0.5) is 0 Å². The van der Waals surface area contributed by atoms with Gasteiger partial charge >= 0.3 is 5.97 Å². The average Bonchev–Trinajstić information content (AvgIpc) is 2.09. The molecule has 1 aromatic rings. The van der Waals surface area contributed by atoms with E-state index in [0.29, 0.717) is 11.4 Å². The Labute approximate surface area is 87.5 Å². The number of carboxylic acids is 1. The minimum Gasteiger partial charge on any atom is -0.480 e. The third-order valence-corrected chi connectivity index (χ3v) is 2.30. The largest absolute Gasteiger partial charge is 0.480 e. The zero-order chi connectivity index (χ0) is 10.7. The molecular weight excluding hydrogens is 202 g/mol. The van der Waals surface area contributed by atoms with Gasteiger partial charge in [-0.3, -0.25) is 4.79 Å². The molecular formula is C10H12ClNO2. The molecule has 1 aromatic carbocycles. The maximum absolute atomic E-state index is 10.5. The summed E-state index contributed by atoms with van der Waals surface area (Å²) in [5.41, 5.74) is 7.31. The van der Waals surface area contributed by atoms with E-state index in [1.807, 2.05) is 6.92 Å². The van der Waals surface area contributed by atoms with E-state index in [1.165, 1.54) is 0 Å². The molecule has 0 aliphatic heterocycles. The number of nitrogens with two attached hydrogens (primary N) is 1. The fourth-order valence-corrected chi connectivity index (χ4v) is 1.44. The van der Waals surface area contributed by atoms with Crippen molar-refractivity contribution in [3.63, 3.8) is 0 Å². The summed E-state index contributed by atoms with van der Waals surface area (Å²) in [5.74, 6) is -0.987. The van der Waals surface area contributed by atoms with Gasteiger partial charge in [-0.1, -0.05) is 17.7 Å². The van der Waals surface area contributed by atoms with Gasteiger partial charge in [0, 0.05) is 5.02 Å². The standard InChI is InChI=1S/C10H12ClNO2/c1-6-4-8(11)3-2-7(6)5-9(12)10(13)14/h2-4,9H,5,12H2,1H3,(H,13,14). The molecule has 3 nitrogen and oxygen atoms in total. The zero-order valence-corrected chi connectivity index (χ0v) is 8.58. The Morgan fingerprint density at radius 3 is 2.79 bits per heavy atom. The van der Waals surface area contributed by atoms with Gasteiger partial charge in [0.25, 0.3) is 0 Å². The number of aliphatic carboxylic acids is 1. The smallest absolute Gasteiger partial charge is 0.320 e. The summed E-state index contributed by atoms with van der Waals surface area (Å²) in [7, 11) is 0. The number of rotatable bonds is 3. The van der Waals surface area contributed by atoms with Crippen molar-refractivity contribution in [2.24, 2.45) is 5.73 Å². The molecule has 76 valence electrons. The first-order valence-corrected chi connectivity index (χ1v) is 4.62. The van der Waals surface area contributed by atoms with Crippen LogP contribution in [0.1, 0.15) is 11.1 Å². The van der Waals surface area contributed by atoms with Crippen molar-refractivity contribution in [2.45, 2.75) is 19.4 Å². The van der Waals surface area contributed by atoms with Crippen LogP contribution in [-0.2, 0) is 11.2 Å². The third-order valence-electron chi connectivity index (χ3n) is 2.06. The zero-order valence-electron chi connectivity index (χ0n) is 7.83. The molecule has 4 heteroatoms. The van der Waals surface area contributed by atoms with Crippen LogP contribution < -0.4 is 5.73 Å². The van der Waals surface area contributed by atoms with Gasteiger partial charge in [0.2, 0.25) is 0 Å². The minimum atomic E-state index is -0.987. The van der Waals surface area contributed by atoms with Crippen LogP contribution in [0.3, 0.4) is 0 Å². The highest BCUT2D eigenvalue weighted by Gasteiger charge is 2.13. The maximum atomic E-state index is 10.5. The van der Waals surface area contributed by atoms with Crippen LogP contribution >= 0.6 is 11.6 Å². The number of carbonyl (C=O) groups is 1. The first-order chi connectivity index (χ1) is 6.50. The average molecular weight is 214 g/mol. The van der Waals surface area contributed by atoms with E-state index in [0.717, 1.165) is 11.1 Å².